The molecule has 1 saturated heterocycles. The molecular weight excluding hydrogens is 262 g/mol. The van der Waals surface area contributed by atoms with Crippen molar-refractivity contribution in [1.29, 1.82) is 5.26 Å². The number of hydrogen-bond donors (Lipinski definition) is 1. The summed E-state index contributed by atoms with van der Waals surface area (Å²) in [7, 11) is 0. The lowest BCUT2D eigenvalue weighted by atomic mass is 10.0. The second kappa shape index (κ2) is 6.93. The van der Waals surface area contributed by atoms with Gasteiger partial charge in [0.05, 0.1) is 17.7 Å². The van der Waals surface area contributed by atoms with Crippen LogP contribution in [-0.2, 0) is 0 Å². The predicted octanol–water partition coefficient (Wildman–Crippen LogP) is 2.53. The fraction of sp³-hybridized carbons (Fsp3) is 0.588. The largest absolute Gasteiger partial charge is 0.389 e. The van der Waals surface area contributed by atoms with Gasteiger partial charge in [0.2, 0.25) is 0 Å². The van der Waals surface area contributed by atoms with Gasteiger partial charge in [-0.25, -0.2) is 0 Å². The first-order chi connectivity index (χ1) is 10.1. The molecule has 0 amide bonds. The standard InChI is InChI=1S/C17H25N3O/c1-4-19(5-2)15-8-9-20(12-15)17-10-14(11-18)6-7-16(17)13(3)21/h6-7,10,13,15,21H,4-5,8-9,12H2,1-3H3/t13-,15?/m0/s1. The highest BCUT2D eigenvalue weighted by molar-refractivity contribution is 5.59. The third kappa shape index (κ3) is 3.37. The van der Waals surface area contributed by atoms with E-state index in [4.69, 9.17) is 5.26 Å². The van der Waals surface area contributed by atoms with E-state index in [9.17, 15) is 5.11 Å². The van der Waals surface area contributed by atoms with Crippen LogP contribution in [0.2, 0.25) is 0 Å². The number of benzene rings is 1. The maximum absolute atomic E-state index is 9.98. The van der Waals surface area contributed by atoms with E-state index in [0.717, 1.165) is 43.9 Å². The Morgan fingerprint density at radius 1 is 1.43 bits per heavy atom. The van der Waals surface area contributed by atoms with Crippen LogP contribution in [0.25, 0.3) is 0 Å². The van der Waals surface area contributed by atoms with Gasteiger partial charge < -0.3 is 10.0 Å². The Morgan fingerprint density at radius 3 is 2.71 bits per heavy atom. The number of rotatable bonds is 5. The molecule has 1 aromatic rings. The second-order valence-corrected chi connectivity index (χ2v) is 5.67. The molecule has 1 aliphatic heterocycles. The van der Waals surface area contributed by atoms with E-state index in [2.05, 4.69) is 29.7 Å². The molecule has 0 aromatic heterocycles. The lowest BCUT2D eigenvalue weighted by Crippen LogP contribution is -2.37. The number of aliphatic hydroxyl groups excluding tert-OH is 1. The molecular formula is C17H25N3O. The van der Waals surface area contributed by atoms with Crippen LogP contribution in [0.5, 0.6) is 0 Å². The number of nitrogens with zero attached hydrogens (tertiary/aromatic N) is 3. The Kier molecular flexibility index (Phi) is 5.22. The Bertz CT molecular complexity index is 517. The summed E-state index contributed by atoms with van der Waals surface area (Å²) in [5.41, 5.74) is 2.58. The van der Waals surface area contributed by atoms with Crippen molar-refractivity contribution in [2.45, 2.75) is 39.3 Å². The average Bonchev–Trinajstić information content (AvgIpc) is 2.97. The maximum atomic E-state index is 9.98. The van der Waals surface area contributed by atoms with Crippen LogP contribution in [0.3, 0.4) is 0 Å². The Labute approximate surface area is 127 Å². The third-order valence-electron chi connectivity index (χ3n) is 4.44. The zero-order chi connectivity index (χ0) is 15.4. The molecule has 1 aliphatic rings. The number of anilines is 1. The molecule has 4 nitrogen and oxygen atoms in total. The minimum Gasteiger partial charge on any atom is -0.389 e. The van der Waals surface area contributed by atoms with Crippen molar-refractivity contribution < 1.29 is 5.11 Å². The monoisotopic (exact) mass is 287 g/mol. The highest BCUT2D eigenvalue weighted by Crippen LogP contribution is 2.31. The van der Waals surface area contributed by atoms with Crippen LogP contribution in [-0.4, -0.2) is 42.2 Å². The number of hydrogen-bond acceptors (Lipinski definition) is 4. The first-order valence-electron chi connectivity index (χ1n) is 7.81. The normalized spacial score (nSPS) is 19.8. The summed E-state index contributed by atoms with van der Waals surface area (Å²) >= 11 is 0. The molecule has 0 spiro atoms. The first kappa shape index (κ1) is 15.8. The van der Waals surface area contributed by atoms with Crippen LogP contribution in [0.1, 0.15) is 44.4 Å². The van der Waals surface area contributed by atoms with E-state index in [0.29, 0.717) is 11.6 Å². The van der Waals surface area contributed by atoms with E-state index in [1.165, 1.54) is 0 Å². The van der Waals surface area contributed by atoms with Crippen molar-refractivity contribution >= 4 is 5.69 Å². The van der Waals surface area contributed by atoms with Crippen molar-refractivity contribution in [3.8, 4) is 6.07 Å². The molecule has 1 unspecified atom stereocenters. The van der Waals surface area contributed by atoms with Crippen LogP contribution in [0, 0.1) is 11.3 Å². The van der Waals surface area contributed by atoms with Gasteiger partial charge in [-0.2, -0.15) is 5.26 Å². The molecule has 0 radical (unpaired) electrons. The number of aliphatic hydroxyl groups is 1. The van der Waals surface area contributed by atoms with Crippen molar-refractivity contribution in [3.63, 3.8) is 0 Å². The molecule has 1 heterocycles. The Balaban J connectivity index is 2.24. The van der Waals surface area contributed by atoms with Crippen LogP contribution < -0.4 is 4.90 Å². The summed E-state index contributed by atoms with van der Waals surface area (Å²) in [6, 6.07) is 8.33. The van der Waals surface area contributed by atoms with Gasteiger partial charge in [-0.15, -0.1) is 0 Å². The minimum absolute atomic E-state index is 0.514. The summed E-state index contributed by atoms with van der Waals surface area (Å²) in [4.78, 5) is 4.79. The van der Waals surface area contributed by atoms with Gasteiger partial charge in [0, 0.05) is 30.4 Å². The van der Waals surface area contributed by atoms with Gasteiger partial charge >= 0.3 is 0 Å². The zero-order valence-corrected chi connectivity index (χ0v) is 13.2. The Hall–Kier alpha value is -1.57. The predicted molar refractivity (Wildman–Crippen MR) is 85.3 cm³/mol. The van der Waals surface area contributed by atoms with E-state index < -0.39 is 6.10 Å². The van der Waals surface area contributed by atoms with Gasteiger partial charge in [-0.1, -0.05) is 19.9 Å². The van der Waals surface area contributed by atoms with Crippen molar-refractivity contribution in [3.05, 3.63) is 29.3 Å². The molecule has 0 aliphatic carbocycles. The average molecular weight is 287 g/mol. The van der Waals surface area contributed by atoms with Gasteiger partial charge in [-0.3, -0.25) is 4.90 Å². The molecule has 4 heteroatoms. The van der Waals surface area contributed by atoms with Crippen LogP contribution in [0.15, 0.2) is 18.2 Å². The fourth-order valence-corrected chi connectivity index (χ4v) is 3.24. The molecule has 21 heavy (non-hydrogen) atoms. The van der Waals surface area contributed by atoms with Gasteiger partial charge in [0.25, 0.3) is 0 Å². The van der Waals surface area contributed by atoms with Crippen molar-refractivity contribution in [1.82, 2.24) is 4.90 Å². The second-order valence-electron chi connectivity index (χ2n) is 5.67. The molecule has 2 rings (SSSR count). The lowest BCUT2D eigenvalue weighted by molar-refractivity contribution is 0.199. The van der Waals surface area contributed by atoms with Gasteiger partial charge in [0.1, 0.15) is 0 Å². The molecule has 0 bridgehead atoms. The smallest absolute Gasteiger partial charge is 0.0992 e. The Morgan fingerprint density at radius 2 is 2.14 bits per heavy atom. The van der Waals surface area contributed by atoms with Crippen LogP contribution in [0.4, 0.5) is 5.69 Å². The maximum Gasteiger partial charge on any atom is 0.0992 e. The zero-order valence-electron chi connectivity index (χ0n) is 13.2. The highest BCUT2D eigenvalue weighted by atomic mass is 16.3. The van der Waals surface area contributed by atoms with Crippen molar-refractivity contribution in [2.24, 2.45) is 0 Å². The summed E-state index contributed by atoms with van der Waals surface area (Å²) in [6.07, 6.45) is 0.623. The van der Waals surface area contributed by atoms with E-state index in [-0.39, 0.29) is 0 Å². The van der Waals surface area contributed by atoms with Crippen molar-refractivity contribution in [2.75, 3.05) is 31.1 Å². The summed E-state index contributed by atoms with van der Waals surface area (Å²) < 4.78 is 0. The third-order valence-corrected chi connectivity index (χ3v) is 4.44. The molecule has 0 saturated carbocycles. The number of nitriles is 1. The first-order valence-corrected chi connectivity index (χ1v) is 7.81. The summed E-state index contributed by atoms with van der Waals surface area (Å²) in [5, 5.41) is 19.1. The fourth-order valence-electron chi connectivity index (χ4n) is 3.24. The summed E-state index contributed by atoms with van der Waals surface area (Å²) in [6.45, 7) is 10.3. The molecule has 1 aromatic carbocycles. The summed E-state index contributed by atoms with van der Waals surface area (Å²) in [5.74, 6) is 0. The van der Waals surface area contributed by atoms with E-state index >= 15 is 0 Å². The molecule has 2 atom stereocenters. The molecule has 1 fully saturated rings. The van der Waals surface area contributed by atoms with Crippen LogP contribution >= 0.6 is 0 Å². The molecule has 114 valence electrons. The van der Waals surface area contributed by atoms with Gasteiger partial charge in [-0.05, 0) is 38.6 Å². The van der Waals surface area contributed by atoms with Gasteiger partial charge in [0.15, 0.2) is 0 Å². The molecule has 1 N–H and O–H groups in total. The lowest BCUT2D eigenvalue weighted by Gasteiger charge is -2.28. The SMILES string of the molecule is CCN(CC)C1CCN(c2cc(C#N)ccc2[C@H](C)O)C1. The number of likely N-dealkylation sites (N-methyl/N-ethyl adjacent to an activating group) is 1. The van der Waals surface area contributed by atoms with E-state index in [1.54, 1.807) is 13.0 Å². The van der Waals surface area contributed by atoms with E-state index in [1.807, 2.05) is 12.1 Å². The quantitative estimate of drug-likeness (QED) is 0.904. The highest BCUT2D eigenvalue weighted by Gasteiger charge is 2.28. The minimum atomic E-state index is -0.514. The topological polar surface area (TPSA) is 50.5 Å².